The average Bonchev–Trinajstić information content (AvgIpc) is 2.44. The third kappa shape index (κ3) is 1.76. The Balaban J connectivity index is 2.05. The largest absolute Gasteiger partial charge is 0.314 e. The highest BCUT2D eigenvalue weighted by Gasteiger charge is 2.22. The fraction of sp³-hybridized carbons (Fsp3) is 0.214. The molecule has 1 aliphatic rings. The molecule has 4 heteroatoms. The van der Waals surface area contributed by atoms with Crippen LogP contribution >= 0.6 is 0 Å². The van der Waals surface area contributed by atoms with E-state index in [1.807, 2.05) is 24.3 Å². The van der Waals surface area contributed by atoms with Crippen LogP contribution < -0.4 is 4.90 Å². The lowest BCUT2D eigenvalue weighted by atomic mass is 10.1. The Morgan fingerprint density at radius 2 is 2.11 bits per heavy atom. The molecule has 3 rings (SSSR count). The van der Waals surface area contributed by atoms with Crippen LogP contribution in [0.3, 0.4) is 0 Å². The van der Waals surface area contributed by atoms with Gasteiger partial charge in [-0.15, -0.1) is 0 Å². The second-order valence-corrected chi connectivity index (χ2v) is 4.36. The van der Waals surface area contributed by atoms with Crippen LogP contribution in [-0.2, 0) is 11.2 Å². The van der Waals surface area contributed by atoms with E-state index in [9.17, 15) is 4.79 Å². The fourth-order valence-corrected chi connectivity index (χ4v) is 2.19. The van der Waals surface area contributed by atoms with Gasteiger partial charge in [0.15, 0.2) is 0 Å². The molecule has 0 N–H and O–H groups in total. The lowest BCUT2D eigenvalue weighted by Gasteiger charge is -2.25. The number of pyridine rings is 2. The Morgan fingerprint density at radius 3 is 2.89 bits per heavy atom. The van der Waals surface area contributed by atoms with Gasteiger partial charge in [0, 0.05) is 37.8 Å². The van der Waals surface area contributed by atoms with Crippen LogP contribution in [0.25, 0.3) is 11.3 Å². The molecule has 4 nitrogen and oxygen atoms in total. The van der Waals surface area contributed by atoms with Crippen LogP contribution in [0, 0.1) is 0 Å². The monoisotopic (exact) mass is 239 g/mol. The second kappa shape index (κ2) is 4.22. The van der Waals surface area contributed by atoms with Gasteiger partial charge in [0.05, 0.1) is 17.1 Å². The zero-order valence-electron chi connectivity index (χ0n) is 10.1. The fourth-order valence-electron chi connectivity index (χ4n) is 2.19. The van der Waals surface area contributed by atoms with E-state index in [2.05, 4.69) is 9.97 Å². The highest BCUT2D eigenvalue weighted by Crippen LogP contribution is 2.27. The smallest absolute Gasteiger partial charge is 0.227 e. The molecule has 0 fully saturated rings. The molecule has 0 atom stereocenters. The van der Waals surface area contributed by atoms with Crippen molar-refractivity contribution in [3.05, 3.63) is 42.4 Å². The Labute approximate surface area is 105 Å². The summed E-state index contributed by atoms with van der Waals surface area (Å²) in [5.74, 6) is 0.151. The van der Waals surface area contributed by atoms with Gasteiger partial charge < -0.3 is 4.90 Å². The molecule has 0 spiro atoms. The third-order valence-electron chi connectivity index (χ3n) is 3.22. The molecule has 0 saturated carbocycles. The van der Waals surface area contributed by atoms with E-state index >= 15 is 0 Å². The molecule has 0 bridgehead atoms. The summed E-state index contributed by atoms with van der Waals surface area (Å²) in [6.45, 7) is 0. The topological polar surface area (TPSA) is 46.1 Å². The minimum atomic E-state index is 0.151. The van der Waals surface area contributed by atoms with Gasteiger partial charge in [-0.2, -0.15) is 0 Å². The number of anilines is 1. The molecule has 0 aromatic carbocycles. The molecule has 2 aromatic rings. The van der Waals surface area contributed by atoms with E-state index in [1.165, 1.54) is 0 Å². The van der Waals surface area contributed by atoms with Gasteiger partial charge in [-0.3, -0.25) is 14.8 Å². The molecule has 18 heavy (non-hydrogen) atoms. The van der Waals surface area contributed by atoms with Crippen molar-refractivity contribution >= 4 is 11.6 Å². The number of fused-ring (bicyclic) bond motifs is 1. The number of aromatic nitrogens is 2. The average molecular weight is 239 g/mol. The molecule has 1 aliphatic heterocycles. The predicted octanol–water partition coefficient (Wildman–Crippen LogP) is 2.05. The van der Waals surface area contributed by atoms with E-state index in [0.29, 0.717) is 12.8 Å². The predicted molar refractivity (Wildman–Crippen MR) is 69.2 cm³/mol. The molecule has 90 valence electrons. The Kier molecular flexibility index (Phi) is 2.55. The van der Waals surface area contributed by atoms with Crippen LogP contribution in [0.5, 0.6) is 0 Å². The van der Waals surface area contributed by atoms with Crippen molar-refractivity contribution in [2.75, 3.05) is 11.9 Å². The lowest BCUT2D eigenvalue weighted by Crippen LogP contribution is -2.31. The van der Waals surface area contributed by atoms with Gasteiger partial charge in [-0.1, -0.05) is 0 Å². The summed E-state index contributed by atoms with van der Waals surface area (Å²) < 4.78 is 0. The number of hydrogen-bond donors (Lipinski definition) is 0. The summed E-state index contributed by atoms with van der Waals surface area (Å²) in [5.41, 5.74) is 3.81. The standard InChI is InChI=1S/C14H13N3O/c1-17-13-6-4-11(10-3-2-8-15-9-10)16-12(13)5-7-14(17)18/h2-4,6,8-9H,5,7H2,1H3. The first-order valence-electron chi connectivity index (χ1n) is 5.92. The number of aryl methyl sites for hydroxylation is 1. The Bertz CT molecular complexity index is 595. The van der Waals surface area contributed by atoms with Gasteiger partial charge in [0.25, 0.3) is 0 Å². The zero-order valence-corrected chi connectivity index (χ0v) is 10.1. The molecule has 2 aromatic heterocycles. The van der Waals surface area contributed by atoms with Crippen LogP contribution in [0.4, 0.5) is 5.69 Å². The molecule has 3 heterocycles. The number of rotatable bonds is 1. The Morgan fingerprint density at radius 1 is 1.22 bits per heavy atom. The summed E-state index contributed by atoms with van der Waals surface area (Å²) in [7, 11) is 1.80. The van der Waals surface area contributed by atoms with Crippen molar-refractivity contribution in [1.29, 1.82) is 0 Å². The number of hydrogen-bond acceptors (Lipinski definition) is 3. The lowest BCUT2D eigenvalue weighted by molar-refractivity contribution is -0.118. The maximum atomic E-state index is 11.6. The molecule has 0 unspecified atom stereocenters. The SMILES string of the molecule is CN1C(=O)CCc2nc(-c3cccnc3)ccc21. The molecular formula is C14H13N3O. The summed E-state index contributed by atoms with van der Waals surface area (Å²) in [4.78, 5) is 22.0. The van der Waals surface area contributed by atoms with Crippen molar-refractivity contribution in [3.63, 3.8) is 0 Å². The minimum Gasteiger partial charge on any atom is -0.314 e. The summed E-state index contributed by atoms with van der Waals surface area (Å²) in [5, 5.41) is 0. The van der Waals surface area contributed by atoms with Gasteiger partial charge in [-0.25, -0.2) is 0 Å². The first-order valence-corrected chi connectivity index (χ1v) is 5.92. The molecule has 1 amide bonds. The van der Waals surface area contributed by atoms with E-state index < -0.39 is 0 Å². The van der Waals surface area contributed by atoms with Crippen molar-refractivity contribution in [1.82, 2.24) is 9.97 Å². The van der Waals surface area contributed by atoms with Gasteiger partial charge in [-0.05, 0) is 24.3 Å². The van der Waals surface area contributed by atoms with Crippen molar-refractivity contribution in [3.8, 4) is 11.3 Å². The number of carbonyl (C=O) groups excluding carboxylic acids is 1. The first kappa shape index (κ1) is 10.9. The van der Waals surface area contributed by atoms with Crippen LogP contribution in [-0.4, -0.2) is 22.9 Å². The van der Waals surface area contributed by atoms with Crippen molar-refractivity contribution in [2.24, 2.45) is 0 Å². The summed E-state index contributed by atoms with van der Waals surface area (Å²) >= 11 is 0. The molecule has 0 saturated heterocycles. The maximum absolute atomic E-state index is 11.6. The van der Waals surface area contributed by atoms with Gasteiger partial charge in [0.2, 0.25) is 5.91 Å². The van der Waals surface area contributed by atoms with Crippen molar-refractivity contribution in [2.45, 2.75) is 12.8 Å². The van der Waals surface area contributed by atoms with Crippen LogP contribution in [0.15, 0.2) is 36.7 Å². The van der Waals surface area contributed by atoms with Crippen LogP contribution in [0.2, 0.25) is 0 Å². The van der Waals surface area contributed by atoms with E-state index in [-0.39, 0.29) is 5.91 Å². The van der Waals surface area contributed by atoms with E-state index in [0.717, 1.165) is 22.6 Å². The summed E-state index contributed by atoms with van der Waals surface area (Å²) in [6, 6.07) is 7.78. The van der Waals surface area contributed by atoms with Gasteiger partial charge in [0.1, 0.15) is 0 Å². The van der Waals surface area contributed by atoms with Gasteiger partial charge >= 0.3 is 0 Å². The highest BCUT2D eigenvalue weighted by atomic mass is 16.2. The van der Waals surface area contributed by atoms with E-state index in [1.54, 1.807) is 24.3 Å². The number of amides is 1. The number of carbonyl (C=O) groups is 1. The second-order valence-electron chi connectivity index (χ2n) is 4.36. The molecule has 0 radical (unpaired) electrons. The normalized spacial score (nSPS) is 14.5. The maximum Gasteiger partial charge on any atom is 0.227 e. The Hall–Kier alpha value is -2.23. The van der Waals surface area contributed by atoms with Crippen molar-refractivity contribution < 1.29 is 4.79 Å². The minimum absolute atomic E-state index is 0.151. The quantitative estimate of drug-likeness (QED) is 0.765. The molecular weight excluding hydrogens is 226 g/mol. The highest BCUT2D eigenvalue weighted by molar-refractivity contribution is 5.95. The first-order chi connectivity index (χ1) is 8.75. The summed E-state index contributed by atoms with van der Waals surface area (Å²) in [6.07, 6.45) is 4.79. The van der Waals surface area contributed by atoms with Crippen LogP contribution in [0.1, 0.15) is 12.1 Å². The zero-order chi connectivity index (χ0) is 12.5. The van der Waals surface area contributed by atoms with E-state index in [4.69, 9.17) is 0 Å². The molecule has 0 aliphatic carbocycles. The third-order valence-corrected chi connectivity index (χ3v) is 3.22. The number of nitrogens with zero attached hydrogens (tertiary/aromatic N) is 3.